The molecular formula is C10H16ClN5. The number of nitrogens with two attached hydrogens (primary N) is 1. The second-order valence-corrected chi connectivity index (χ2v) is 4.61. The number of nitrogen functional groups attached to an aromatic ring is 1. The van der Waals surface area contributed by atoms with Crippen molar-refractivity contribution in [2.75, 3.05) is 37.3 Å². The molecule has 0 aliphatic carbocycles. The summed E-state index contributed by atoms with van der Waals surface area (Å²) in [5.41, 5.74) is 5.59. The van der Waals surface area contributed by atoms with Crippen molar-refractivity contribution < 1.29 is 0 Å². The third kappa shape index (κ3) is 2.20. The van der Waals surface area contributed by atoms with Gasteiger partial charge in [0.1, 0.15) is 5.02 Å². The van der Waals surface area contributed by atoms with Crippen LogP contribution < -0.4 is 10.6 Å². The molecule has 1 aromatic heterocycles. The number of halogens is 1. The van der Waals surface area contributed by atoms with Gasteiger partial charge in [0.2, 0.25) is 5.95 Å². The normalized spacial score (nSPS) is 22.4. The molecule has 0 aromatic carbocycles. The summed E-state index contributed by atoms with van der Waals surface area (Å²) in [7, 11) is 2.11. The lowest BCUT2D eigenvalue weighted by Gasteiger charge is -2.39. The molecule has 1 atom stereocenters. The molecule has 88 valence electrons. The van der Waals surface area contributed by atoms with Crippen LogP contribution >= 0.6 is 11.6 Å². The van der Waals surface area contributed by atoms with E-state index < -0.39 is 0 Å². The average Bonchev–Trinajstić information content (AvgIpc) is 2.22. The Kier molecular flexibility index (Phi) is 3.16. The summed E-state index contributed by atoms with van der Waals surface area (Å²) in [6, 6.07) is 0.380. The van der Waals surface area contributed by atoms with Crippen LogP contribution in [0.3, 0.4) is 0 Å². The summed E-state index contributed by atoms with van der Waals surface area (Å²) in [6.45, 7) is 5.07. The topological polar surface area (TPSA) is 58.3 Å². The molecule has 1 aromatic rings. The number of aromatic nitrogens is 2. The summed E-state index contributed by atoms with van der Waals surface area (Å²) in [5, 5.41) is 0.561. The molecule has 0 spiro atoms. The standard InChI is InChI=1S/C10H16ClN5/c1-7-6-15(2)3-4-16(7)9-8(11)5-13-10(12)14-9/h5,7H,3-4,6H2,1-2H3,(H2,12,13,14). The van der Waals surface area contributed by atoms with E-state index in [2.05, 4.69) is 33.7 Å². The zero-order chi connectivity index (χ0) is 11.7. The van der Waals surface area contributed by atoms with Crippen LogP contribution in [0.5, 0.6) is 0 Å². The first-order valence-corrected chi connectivity index (χ1v) is 5.69. The Labute approximate surface area is 100 Å². The van der Waals surface area contributed by atoms with E-state index in [1.54, 1.807) is 6.20 Å². The van der Waals surface area contributed by atoms with Gasteiger partial charge in [-0.3, -0.25) is 0 Å². The van der Waals surface area contributed by atoms with Gasteiger partial charge in [-0.2, -0.15) is 4.98 Å². The highest BCUT2D eigenvalue weighted by atomic mass is 35.5. The number of piperazine rings is 1. The number of hydrogen-bond acceptors (Lipinski definition) is 5. The molecule has 1 aliphatic rings. The smallest absolute Gasteiger partial charge is 0.222 e. The van der Waals surface area contributed by atoms with Crippen molar-refractivity contribution >= 4 is 23.4 Å². The van der Waals surface area contributed by atoms with Crippen molar-refractivity contribution in [1.29, 1.82) is 0 Å². The van der Waals surface area contributed by atoms with Crippen LogP contribution in [0.2, 0.25) is 5.02 Å². The Morgan fingerprint density at radius 3 is 2.94 bits per heavy atom. The maximum Gasteiger partial charge on any atom is 0.222 e. The van der Waals surface area contributed by atoms with Gasteiger partial charge in [0.15, 0.2) is 5.82 Å². The molecule has 1 fully saturated rings. The van der Waals surface area contributed by atoms with Gasteiger partial charge in [-0.05, 0) is 14.0 Å². The van der Waals surface area contributed by atoms with E-state index in [1.807, 2.05) is 0 Å². The van der Waals surface area contributed by atoms with Crippen LogP contribution in [0.15, 0.2) is 6.20 Å². The first kappa shape index (κ1) is 11.4. The van der Waals surface area contributed by atoms with Crippen molar-refractivity contribution in [2.24, 2.45) is 0 Å². The second kappa shape index (κ2) is 4.43. The number of rotatable bonds is 1. The van der Waals surface area contributed by atoms with E-state index in [1.165, 1.54) is 0 Å². The quantitative estimate of drug-likeness (QED) is 0.790. The van der Waals surface area contributed by atoms with Gasteiger partial charge in [0.05, 0.1) is 6.20 Å². The SMILES string of the molecule is CC1CN(C)CCN1c1nc(N)ncc1Cl. The third-order valence-corrected chi connectivity index (χ3v) is 3.11. The molecule has 1 aliphatic heterocycles. The van der Waals surface area contributed by atoms with Crippen molar-refractivity contribution in [3.8, 4) is 0 Å². The van der Waals surface area contributed by atoms with Crippen LogP contribution in [0.25, 0.3) is 0 Å². The number of hydrogen-bond donors (Lipinski definition) is 1. The molecule has 2 rings (SSSR count). The van der Waals surface area contributed by atoms with Crippen LogP contribution in [-0.4, -0.2) is 47.6 Å². The number of anilines is 2. The number of nitrogens with zero attached hydrogens (tertiary/aromatic N) is 4. The molecule has 5 nitrogen and oxygen atoms in total. The molecule has 16 heavy (non-hydrogen) atoms. The molecule has 0 radical (unpaired) electrons. The lowest BCUT2D eigenvalue weighted by atomic mass is 10.2. The summed E-state index contributed by atoms with van der Waals surface area (Å²) in [5.74, 6) is 1.01. The lowest BCUT2D eigenvalue weighted by molar-refractivity contribution is 0.274. The van der Waals surface area contributed by atoms with Gasteiger partial charge in [0, 0.05) is 25.7 Å². The molecule has 6 heteroatoms. The molecule has 2 N–H and O–H groups in total. The zero-order valence-corrected chi connectivity index (χ0v) is 10.3. The predicted molar refractivity (Wildman–Crippen MR) is 65.8 cm³/mol. The zero-order valence-electron chi connectivity index (χ0n) is 9.52. The Balaban J connectivity index is 2.26. The highest BCUT2D eigenvalue weighted by Crippen LogP contribution is 2.26. The highest BCUT2D eigenvalue weighted by Gasteiger charge is 2.24. The molecule has 0 bridgehead atoms. The van der Waals surface area contributed by atoms with Crippen molar-refractivity contribution in [3.05, 3.63) is 11.2 Å². The van der Waals surface area contributed by atoms with E-state index in [9.17, 15) is 0 Å². The van der Waals surface area contributed by atoms with Crippen molar-refractivity contribution in [3.63, 3.8) is 0 Å². The van der Waals surface area contributed by atoms with Crippen LogP contribution in [0.4, 0.5) is 11.8 Å². The predicted octanol–water partition coefficient (Wildman–Crippen LogP) is 0.852. The van der Waals surface area contributed by atoms with Gasteiger partial charge in [0.25, 0.3) is 0 Å². The maximum absolute atomic E-state index is 6.10. The number of likely N-dealkylation sites (N-methyl/N-ethyl adjacent to an activating group) is 1. The van der Waals surface area contributed by atoms with E-state index in [0.29, 0.717) is 11.1 Å². The molecule has 0 amide bonds. The van der Waals surface area contributed by atoms with Gasteiger partial charge >= 0.3 is 0 Å². The fourth-order valence-corrected chi connectivity index (χ4v) is 2.23. The summed E-state index contributed by atoms with van der Waals surface area (Å²) in [4.78, 5) is 12.6. The fraction of sp³-hybridized carbons (Fsp3) is 0.600. The Morgan fingerprint density at radius 1 is 1.50 bits per heavy atom. The minimum atomic E-state index is 0.269. The van der Waals surface area contributed by atoms with Crippen molar-refractivity contribution in [1.82, 2.24) is 14.9 Å². The van der Waals surface area contributed by atoms with Gasteiger partial charge in [-0.1, -0.05) is 11.6 Å². The van der Waals surface area contributed by atoms with Gasteiger partial charge < -0.3 is 15.5 Å². The Morgan fingerprint density at radius 2 is 2.25 bits per heavy atom. The fourth-order valence-electron chi connectivity index (χ4n) is 2.03. The van der Waals surface area contributed by atoms with E-state index >= 15 is 0 Å². The Bertz CT molecular complexity index is 383. The molecule has 0 saturated carbocycles. The maximum atomic E-state index is 6.10. The minimum absolute atomic E-state index is 0.269. The van der Waals surface area contributed by atoms with Crippen molar-refractivity contribution in [2.45, 2.75) is 13.0 Å². The minimum Gasteiger partial charge on any atom is -0.368 e. The Hall–Kier alpha value is -1.07. The largest absolute Gasteiger partial charge is 0.368 e. The monoisotopic (exact) mass is 241 g/mol. The van der Waals surface area contributed by atoms with Crippen LogP contribution in [-0.2, 0) is 0 Å². The van der Waals surface area contributed by atoms with Gasteiger partial charge in [-0.15, -0.1) is 0 Å². The van der Waals surface area contributed by atoms with Crippen LogP contribution in [0, 0.1) is 0 Å². The van der Waals surface area contributed by atoms with E-state index in [0.717, 1.165) is 25.5 Å². The van der Waals surface area contributed by atoms with Crippen LogP contribution in [0.1, 0.15) is 6.92 Å². The summed E-state index contributed by atoms with van der Waals surface area (Å²) in [6.07, 6.45) is 1.56. The third-order valence-electron chi connectivity index (χ3n) is 2.85. The molecular weight excluding hydrogens is 226 g/mol. The van der Waals surface area contributed by atoms with E-state index in [4.69, 9.17) is 17.3 Å². The first-order valence-electron chi connectivity index (χ1n) is 5.31. The molecule has 2 heterocycles. The summed E-state index contributed by atoms with van der Waals surface area (Å²) < 4.78 is 0. The highest BCUT2D eigenvalue weighted by molar-refractivity contribution is 6.32. The van der Waals surface area contributed by atoms with Gasteiger partial charge in [-0.25, -0.2) is 4.98 Å². The van der Waals surface area contributed by atoms with E-state index in [-0.39, 0.29) is 5.95 Å². The molecule has 1 saturated heterocycles. The summed E-state index contributed by atoms with van der Waals surface area (Å²) >= 11 is 6.10. The first-order chi connectivity index (χ1) is 7.58. The molecule has 1 unspecified atom stereocenters. The lowest BCUT2D eigenvalue weighted by Crippen LogP contribution is -2.51. The second-order valence-electron chi connectivity index (χ2n) is 4.20. The average molecular weight is 242 g/mol.